The van der Waals surface area contributed by atoms with Gasteiger partial charge in [0.25, 0.3) is 5.91 Å². The third kappa shape index (κ3) is 7.38. The summed E-state index contributed by atoms with van der Waals surface area (Å²) in [5.41, 5.74) is 1.47. The van der Waals surface area contributed by atoms with Crippen LogP contribution in [0.3, 0.4) is 0 Å². The third-order valence-electron chi connectivity index (χ3n) is 4.73. The molecule has 1 saturated carbocycles. The molecule has 1 aliphatic carbocycles. The van der Waals surface area contributed by atoms with Crippen LogP contribution in [0.25, 0.3) is 0 Å². The summed E-state index contributed by atoms with van der Waals surface area (Å²) in [6.07, 6.45) is 6.21. The van der Waals surface area contributed by atoms with Gasteiger partial charge in [-0.1, -0.05) is 41.9 Å². The number of rotatable bonds is 6. The molecule has 32 heavy (non-hydrogen) atoms. The lowest BCUT2D eigenvalue weighted by atomic mass is 9.98. The summed E-state index contributed by atoms with van der Waals surface area (Å²) in [7, 11) is 0. The number of hydrogen-bond acceptors (Lipinski definition) is 7. The van der Waals surface area contributed by atoms with Gasteiger partial charge in [0.1, 0.15) is 6.10 Å². The Balaban J connectivity index is 0.000000668. The number of carbonyl (C=O) groups is 2. The Bertz CT molecular complexity index is 997. The Hall–Kier alpha value is -3.95. The van der Waals surface area contributed by atoms with E-state index >= 15 is 0 Å². The highest BCUT2D eigenvalue weighted by Gasteiger charge is 2.16. The fourth-order valence-electron chi connectivity index (χ4n) is 3.26. The molecule has 1 amide bonds. The predicted molar refractivity (Wildman–Crippen MR) is 114 cm³/mol. The molecular formula is C22H24N4O6. The summed E-state index contributed by atoms with van der Waals surface area (Å²) in [4.78, 5) is 29.4. The molecule has 10 heteroatoms. The molecule has 1 aromatic carbocycles. The van der Waals surface area contributed by atoms with E-state index in [9.17, 15) is 4.79 Å². The Morgan fingerprint density at radius 1 is 1.06 bits per heavy atom. The van der Waals surface area contributed by atoms with Crippen LogP contribution >= 0.6 is 0 Å². The van der Waals surface area contributed by atoms with E-state index in [-0.39, 0.29) is 18.0 Å². The summed E-state index contributed by atoms with van der Waals surface area (Å²) in [6, 6.07) is 13.3. The standard InChI is InChI=1S/C21H22N4O3.CH2O3/c26-20(16-11-12-19(22-14-16)27-17-9-5-2-6-10-17)24-21-23-18(25-28-21)13-15-7-3-1-4-8-15;2-1(3)4/h1,3-4,7-8,11-12,14,17H,2,5-6,9-10,13H2,(H,23,24,25,26);(H2,2,3,4). The maximum atomic E-state index is 12.4. The fourth-order valence-corrected chi connectivity index (χ4v) is 3.26. The number of hydrogen-bond donors (Lipinski definition) is 3. The van der Waals surface area contributed by atoms with Crippen LogP contribution in [0.4, 0.5) is 10.8 Å². The van der Waals surface area contributed by atoms with Crippen LogP contribution in [0, 0.1) is 0 Å². The van der Waals surface area contributed by atoms with Crippen LogP contribution in [0.5, 0.6) is 5.88 Å². The number of ether oxygens (including phenoxy) is 1. The number of nitrogens with one attached hydrogen (secondary N) is 1. The highest BCUT2D eigenvalue weighted by molar-refractivity contribution is 6.02. The molecule has 0 radical (unpaired) electrons. The number of aromatic nitrogens is 3. The topological polar surface area (TPSA) is 148 Å². The van der Waals surface area contributed by atoms with Gasteiger partial charge < -0.3 is 19.5 Å². The molecule has 0 bridgehead atoms. The van der Waals surface area contributed by atoms with Crippen molar-refractivity contribution in [1.82, 2.24) is 15.1 Å². The lowest BCUT2D eigenvalue weighted by Crippen LogP contribution is -2.20. The lowest BCUT2D eigenvalue weighted by molar-refractivity contribution is 0.102. The normalized spacial score (nSPS) is 13.5. The number of carbonyl (C=O) groups excluding carboxylic acids is 1. The van der Waals surface area contributed by atoms with Gasteiger partial charge in [0.2, 0.25) is 5.88 Å². The van der Waals surface area contributed by atoms with Crippen molar-refractivity contribution < 1.29 is 29.1 Å². The maximum absolute atomic E-state index is 12.4. The van der Waals surface area contributed by atoms with Gasteiger partial charge in [0, 0.05) is 18.7 Å². The van der Waals surface area contributed by atoms with Crippen LogP contribution in [0.15, 0.2) is 53.2 Å². The van der Waals surface area contributed by atoms with Crippen LogP contribution in [-0.2, 0) is 6.42 Å². The maximum Gasteiger partial charge on any atom is 0.503 e. The Kier molecular flexibility index (Phi) is 8.13. The van der Waals surface area contributed by atoms with Crippen molar-refractivity contribution >= 4 is 18.1 Å². The Morgan fingerprint density at radius 2 is 1.78 bits per heavy atom. The summed E-state index contributed by atoms with van der Waals surface area (Å²) in [5, 5.41) is 20.5. The molecule has 0 atom stereocenters. The molecule has 2 heterocycles. The lowest BCUT2D eigenvalue weighted by Gasteiger charge is -2.22. The second-order valence-electron chi connectivity index (χ2n) is 7.18. The summed E-state index contributed by atoms with van der Waals surface area (Å²) in [5.74, 6) is 0.703. The second kappa shape index (κ2) is 11.4. The van der Waals surface area contributed by atoms with E-state index < -0.39 is 6.16 Å². The van der Waals surface area contributed by atoms with Crippen LogP contribution in [0.1, 0.15) is 53.8 Å². The monoisotopic (exact) mass is 440 g/mol. The van der Waals surface area contributed by atoms with E-state index in [0.717, 1.165) is 18.4 Å². The van der Waals surface area contributed by atoms with Gasteiger partial charge in [0.05, 0.1) is 5.56 Å². The van der Waals surface area contributed by atoms with Crippen molar-refractivity contribution in [3.8, 4) is 5.88 Å². The molecule has 10 nitrogen and oxygen atoms in total. The average molecular weight is 440 g/mol. The van der Waals surface area contributed by atoms with E-state index in [0.29, 0.717) is 23.7 Å². The highest BCUT2D eigenvalue weighted by atomic mass is 16.6. The number of amides is 1. The highest BCUT2D eigenvalue weighted by Crippen LogP contribution is 2.22. The van der Waals surface area contributed by atoms with Crippen molar-refractivity contribution in [3.05, 3.63) is 65.6 Å². The first-order valence-electron chi connectivity index (χ1n) is 10.2. The summed E-state index contributed by atoms with van der Waals surface area (Å²) >= 11 is 0. The van der Waals surface area contributed by atoms with E-state index in [1.807, 2.05) is 30.3 Å². The first kappa shape index (κ1) is 22.7. The molecule has 0 aliphatic heterocycles. The summed E-state index contributed by atoms with van der Waals surface area (Å²) in [6.45, 7) is 0. The minimum Gasteiger partial charge on any atom is -0.474 e. The van der Waals surface area contributed by atoms with E-state index in [1.54, 1.807) is 12.1 Å². The van der Waals surface area contributed by atoms with Gasteiger partial charge in [-0.2, -0.15) is 4.98 Å². The molecule has 0 saturated heterocycles. The number of anilines is 1. The SMILES string of the molecule is O=C(Nc1nc(Cc2ccccc2)no1)c1ccc(OC2CCCCC2)nc1.O=C(O)O. The van der Waals surface area contributed by atoms with E-state index in [4.69, 9.17) is 24.3 Å². The fraction of sp³-hybridized carbons (Fsp3) is 0.318. The third-order valence-corrected chi connectivity index (χ3v) is 4.73. The molecule has 0 spiro atoms. The van der Waals surface area contributed by atoms with Crippen molar-refractivity contribution in [2.75, 3.05) is 5.32 Å². The van der Waals surface area contributed by atoms with Crippen molar-refractivity contribution in [2.45, 2.75) is 44.6 Å². The Morgan fingerprint density at radius 3 is 2.44 bits per heavy atom. The molecular weight excluding hydrogens is 416 g/mol. The van der Waals surface area contributed by atoms with Gasteiger partial charge >= 0.3 is 12.2 Å². The van der Waals surface area contributed by atoms with Gasteiger partial charge in [-0.05, 0) is 37.3 Å². The predicted octanol–water partition coefficient (Wildman–Crippen LogP) is 4.24. The number of carboxylic acid groups (broad SMARTS) is 2. The average Bonchev–Trinajstić information content (AvgIpc) is 3.22. The first-order valence-corrected chi connectivity index (χ1v) is 10.2. The zero-order valence-electron chi connectivity index (χ0n) is 17.3. The molecule has 4 rings (SSSR count). The molecule has 3 N–H and O–H groups in total. The number of nitrogens with zero attached hydrogens (tertiary/aromatic N) is 3. The quantitative estimate of drug-likeness (QED) is 0.512. The van der Waals surface area contributed by atoms with Crippen LogP contribution in [0.2, 0.25) is 0 Å². The largest absolute Gasteiger partial charge is 0.503 e. The molecule has 2 aromatic heterocycles. The van der Waals surface area contributed by atoms with Crippen LogP contribution in [-0.4, -0.2) is 43.5 Å². The summed E-state index contributed by atoms with van der Waals surface area (Å²) < 4.78 is 11.0. The molecule has 3 aromatic rings. The zero-order chi connectivity index (χ0) is 22.8. The first-order chi connectivity index (χ1) is 15.5. The molecule has 0 unspecified atom stereocenters. The molecule has 168 valence electrons. The molecule has 1 aliphatic rings. The second-order valence-corrected chi connectivity index (χ2v) is 7.18. The smallest absolute Gasteiger partial charge is 0.474 e. The van der Waals surface area contributed by atoms with Crippen LogP contribution < -0.4 is 10.1 Å². The molecule has 1 fully saturated rings. The van der Waals surface area contributed by atoms with Crippen molar-refractivity contribution in [2.24, 2.45) is 0 Å². The number of pyridine rings is 1. The van der Waals surface area contributed by atoms with Gasteiger partial charge in [-0.15, -0.1) is 0 Å². The van der Waals surface area contributed by atoms with Crippen molar-refractivity contribution in [3.63, 3.8) is 0 Å². The van der Waals surface area contributed by atoms with Crippen molar-refractivity contribution in [1.29, 1.82) is 0 Å². The Labute approximate surface area is 184 Å². The van der Waals surface area contributed by atoms with Gasteiger partial charge in [-0.3, -0.25) is 10.1 Å². The number of benzene rings is 1. The zero-order valence-corrected chi connectivity index (χ0v) is 17.3. The minimum absolute atomic E-state index is 0.0680. The minimum atomic E-state index is -1.83. The van der Waals surface area contributed by atoms with Gasteiger partial charge in [-0.25, -0.2) is 9.78 Å². The van der Waals surface area contributed by atoms with Gasteiger partial charge in [0.15, 0.2) is 5.82 Å². The van der Waals surface area contributed by atoms with E-state index in [1.165, 1.54) is 25.5 Å². The van der Waals surface area contributed by atoms with E-state index in [2.05, 4.69) is 20.4 Å².